The average Bonchev–Trinajstić information content (AvgIpc) is 2.31. The molecule has 0 radical (unpaired) electrons. The maximum atomic E-state index is 6.03. The van der Waals surface area contributed by atoms with Crippen molar-refractivity contribution >= 4 is 0 Å². The Morgan fingerprint density at radius 2 is 2.18 bits per heavy atom. The molecule has 0 aliphatic heterocycles. The van der Waals surface area contributed by atoms with Crippen LogP contribution < -0.4 is 15.2 Å². The Bertz CT molecular complexity index is 361. The van der Waals surface area contributed by atoms with E-state index in [1.54, 1.807) is 7.11 Å². The maximum absolute atomic E-state index is 6.03. The molecule has 0 spiro atoms. The van der Waals surface area contributed by atoms with Crippen molar-refractivity contribution < 1.29 is 9.47 Å². The summed E-state index contributed by atoms with van der Waals surface area (Å²) in [6.07, 6.45) is 5.91. The first-order chi connectivity index (χ1) is 8.35. The lowest BCUT2D eigenvalue weighted by Crippen LogP contribution is -2.25. The van der Waals surface area contributed by atoms with E-state index in [1.807, 2.05) is 12.1 Å². The number of hydrogen-bond acceptors (Lipinski definition) is 3. The van der Waals surface area contributed by atoms with Gasteiger partial charge in [-0.1, -0.05) is 12.1 Å². The summed E-state index contributed by atoms with van der Waals surface area (Å²) in [7, 11) is 1.69. The predicted molar refractivity (Wildman–Crippen MR) is 68.6 cm³/mol. The van der Waals surface area contributed by atoms with Crippen molar-refractivity contribution in [2.24, 2.45) is 5.73 Å². The van der Waals surface area contributed by atoms with Gasteiger partial charge in [0.1, 0.15) is 0 Å². The van der Waals surface area contributed by atoms with Crippen LogP contribution in [-0.4, -0.2) is 19.8 Å². The van der Waals surface area contributed by atoms with Crippen LogP contribution >= 0.6 is 0 Å². The van der Waals surface area contributed by atoms with Gasteiger partial charge in [0, 0.05) is 0 Å². The Hall–Kier alpha value is -1.22. The normalized spacial score (nSPS) is 15.4. The van der Waals surface area contributed by atoms with E-state index < -0.39 is 0 Å². The van der Waals surface area contributed by atoms with E-state index in [1.165, 1.54) is 12.0 Å². The zero-order chi connectivity index (χ0) is 12.1. The summed E-state index contributed by atoms with van der Waals surface area (Å²) in [6, 6.07) is 6.07. The first kappa shape index (κ1) is 12.2. The van der Waals surface area contributed by atoms with Crippen LogP contribution in [0, 0.1) is 0 Å². The van der Waals surface area contributed by atoms with Crippen LogP contribution in [0.15, 0.2) is 18.2 Å². The number of rotatable bonds is 6. The molecule has 17 heavy (non-hydrogen) atoms. The quantitative estimate of drug-likeness (QED) is 0.824. The highest BCUT2D eigenvalue weighted by molar-refractivity contribution is 5.47. The summed E-state index contributed by atoms with van der Waals surface area (Å²) >= 11 is 0. The molecule has 0 bridgehead atoms. The van der Waals surface area contributed by atoms with Crippen LogP contribution in [0.25, 0.3) is 0 Å². The fourth-order valence-electron chi connectivity index (χ4n) is 2.00. The van der Waals surface area contributed by atoms with Crippen LogP contribution in [0.1, 0.15) is 31.2 Å². The molecule has 1 aliphatic rings. The molecule has 1 aromatic carbocycles. The zero-order valence-corrected chi connectivity index (χ0v) is 10.4. The van der Waals surface area contributed by atoms with E-state index in [-0.39, 0.29) is 0 Å². The molecule has 2 N–H and O–H groups in total. The molecule has 0 heterocycles. The van der Waals surface area contributed by atoms with Crippen molar-refractivity contribution in [3.8, 4) is 11.5 Å². The second-order valence-electron chi connectivity index (χ2n) is 4.51. The van der Waals surface area contributed by atoms with Gasteiger partial charge >= 0.3 is 0 Å². The smallest absolute Gasteiger partial charge is 0.164 e. The molecule has 3 heteroatoms. The second-order valence-corrected chi connectivity index (χ2v) is 4.51. The van der Waals surface area contributed by atoms with Gasteiger partial charge < -0.3 is 15.2 Å². The Morgan fingerprint density at radius 1 is 1.35 bits per heavy atom. The number of methoxy groups -OCH3 is 1. The fraction of sp³-hybridized carbons (Fsp3) is 0.571. The minimum absolute atomic E-state index is 0.378. The standard InChI is InChI=1S/C14H21NO2/c1-16-13-9-2-5-11(6-4-10-15)14(13)17-12-7-3-8-12/h2,5,9,12H,3-4,6-8,10,15H2,1H3. The van der Waals surface area contributed by atoms with Crippen LogP contribution in [-0.2, 0) is 6.42 Å². The molecule has 1 aliphatic carbocycles. The third-order valence-electron chi connectivity index (χ3n) is 3.27. The van der Waals surface area contributed by atoms with Gasteiger partial charge in [-0.3, -0.25) is 0 Å². The summed E-state index contributed by atoms with van der Waals surface area (Å²) in [6.45, 7) is 0.708. The number of hydrogen-bond donors (Lipinski definition) is 1. The van der Waals surface area contributed by atoms with E-state index >= 15 is 0 Å². The Morgan fingerprint density at radius 3 is 2.76 bits per heavy atom. The Balaban J connectivity index is 2.16. The van der Waals surface area contributed by atoms with Gasteiger partial charge in [-0.05, 0) is 50.3 Å². The first-order valence-corrected chi connectivity index (χ1v) is 6.37. The van der Waals surface area contributed by atoms with Crippen molar-refractivity contribution in [2.45, 2.75) is 38.2 Å². The minimum Gasteiger partial charge on any atom is -0.493 e. The highest BCUT2D eigenvalue weighted by Crippen LogP contribution is 2.35. The molecule has 0 unspecified atom stereocenters. The molecule has 3 nitrogen and oxygen atoms in total. The average molecular weight is 235 g/mol. The molecule has 94 valence electrons. The number of benzene rings is 1. The van der Waals surface area contributed by atoms with Gasteiger partial charge in [0.15, 0.2) is 11.5 Å². The van der Waals surface area contributed by atoms with Crippen molar-refractivity contribution in [3.05, 3.63) is 23.8 Å². The number of ether oxygens (including phenoxy) is 2. The monoisotopic (exact) mass is 235 g/mol. The predicted octanol–water partition coefficient (Wildman–Crippen LogP) is 2.52. The first-order valence-electron chi connectivity index (χ1n) is 6.37. The Kier molecular flexibility index (Phi) is 4.26. The third kappa shape index (κ3) is 2.91. The molecule has 1 fully saturated rings. The lowest BCUT2D eigenvalue weighted by atomic mass is 9.96. The molecular formula is C14H21NO2. The summed E-state index contributed by atoms with van der Waals surface area (Å²) in [4.78, 5) is 0. The van der Waals surface area contributed by atoms with Gasteiger partial charge in [-0.2, -0.15) is 0 Å². The zero-order valence-electron chi connectivity index (χ0n) is 10.4. The fourth-order valence-corrected chi connectivity index (χ4v) is 2.00. The topological polar surface area (TPSA) is 44.5 Å². The summed E-state index contributed by atoms with van der Waals surface area (Å²) in [5.74, 6) is 1.76. The van der Waals surface area contributed by atoms with E-state index in [2.05, 4.69) is 6.07 Å². The largest absolute Gasteiger partial charge is 0.493 e. The molecule has 0 saturated heterocycles. The van der Waals surface area contributed by atoms with E-state index in [9.17, 15) is 0 Å². The molecule has 2 rings (SSSR count). The van der Waals surface area contributed by atoms with Crippen molar-refractivity contribution in [3.63, 3.8) is 0 Å². The highest BCUT2D eigenvalue weighted by atomic mass is 16.5. The molecule has 0 amide bonds. The summed E-state index contributed by atoms with van der Waals surface area (Å²) in [5.41, 5.74) is 6.77. The van der Waals surface area contributed by atoms with E-state index in [4.69, 9.17) is 15.2 Å². The summed E-state index contributed by atoms with van der Waals surface area (Å²) < 4.78 is 11.4. The van der Waals surface area contributed by atoms with Gasteiger partial charge in [-0.25, -0.2) is 0 Å². The van der Waals surface area contributed by atoms with Crippen LogP contribution in [0.4, 0.5) is 0 Å². The Labute approximate surface area is 103 Å². The van der Waals surface area contributed by atoms with Gasteiger partial charge in [0.05, 0.1) is 13.2 Å². The van der Waals surface area contributed by atoms with E-state index in [0.717, 1.165) is 37.2 Å². The number of nitrogens with two attached hydrogens (primary N) is 1. The third-order valence-corrected chi connectivity index (χ3v) is 3.27. The lowest BCUT2D eigenvalue weighted by Gasteiger charge is -2.28. The number of para-hydroxylation sites is 1. The molecule has 0 aromatic heterocycles. The van der Waals surface area contributed by atoms with Gasteiger partial charge in [-0.15, -0.1) is 0 Å². The summed E-state index contributed by atoms with van der Waals surface area (Å²) in [5, 5.41) is 0. The number of aryl methyl sites for hydroxylation is 1. The van der Waals surface area contributed by atoms with Crippen molar-refractivity contribution in [2.75, 3.05) is 13.7 Å². The van der Waals surface area contributed by atoms with Crippen LogP contribution in [0.2, 0.25) is 0 Å². The molecule has 1 saturated carbocycles. The van der Waals surface area contributed by atoms with E-state index in [0.29, 0.717) is 12.6 Å². The van der Waals surface area contributed by atoms with Gasteiger partial charge in [0.25, 0.3) is 0 Å². The van der Waals surface area contributed by atoms with Crippen molar-refractivity contribution in [1.29, 1.82) is 0 Å². The second kappa shape index (κ2) is 5.92. The SMILES string of the molecule is COc1cccc(CCCN)c1OC1CCC1. The highest BCUT2D eigenvalue weighted by Gasteiger charge is 2.22. The molecule has 0 atom stereocenters. The molecular weight excluding hydrogens is 214 g/mol. The lowest BCUT2D eigenvalue weighted by molar-refractivity contribution is 0.114. The van der Waals surface area contributed by atoms with Crippen molar-refractivity contribution in [1.82, 2.24) is 0 Å². The van der Waals surface area contributed by atoms with Gasteiger partial charge in [0.2, 0.25) is 0 Å². The van der Waals surface area contributed by atoms with Crippen LogP contribution in [0.3, 0.4) is 0 Å². The minimum atomic E-state index is 0.378. The molecule has 1 aromatic rings. The van der Waals surface area contributed by atoms with Crippen LogP contribution in [0.5, 0.6) is 11.5 Å². The maximum Gasteiger partial charge on any atom is 0.164 e.